The van der Waals surface area contributed by atoms with E-state index in [1.165, 1.54) is 0 Å². The Balaban J connectivity index is 1.92. The van der Waals surface area contributed by atoms with Crippen LogP contribution in [0.2, 0.25) is 0 Å². The van der Waals surface area contributed by atoms with Crippen molar-refractivity contribution in [2.24, 2.45) is 0 Å². The number of nitrogens with zero attached hydrogens (tertiary/aromatic N) is 3. The average Bonchev–Trinajstić information content (AvgIpc) is 2.79. The number of rotatable bonds is 2. The minimum atomic E-state index is -0.0824. The van der Waals surface area contributed by atoms with Gasteiger partial charge in [-0.25, -0.2) is 0 Å². The molecule has 1 unspecified atom stereocenters. The normalized spacial score (nSPS) is 17.8. The molecule has 0 amide bonds. The average molecular weight is 244 g/mol. The first-order valence-electron chi connectivity index (χ1n) is 6.19. The highest BCUT2D eigenvalue weighted by molar-refractivity contribution is 5.57. The van der Waals surface area contributed by atoms with E-state index in [0.717, 1.165) is 36.2 Å². The molecule has 18 heavy (non-hydrogen) atoms. The summed E-state index contributed by atoms with van der Waals surface area (Å²) in [6, 6.07) is 7.95. The maximum Gasteiger partial charge on any atom is 0.176 e. The molecule has 0 radical (unpaired) electrons. The SMILES string of the molecule is CCn1c(C)nnc1C1CNc2ccccc2O1. The molecule has 0 saturated heterocycles. The molecule has 1 aliphatic heterocycles. The van der Waals surface area contributed by atoms with Crippen molar-refractivity contribution >= 4 is 5.69 Å². The van der Waals surface area contributed by atoms with E-state index in [-0.39, 0.29) is 6.10 Å². The van der Waals surface area contributed by atoms with Crippen LogP contribution in [0.25, 0.3) is 0 Å². The van der Waals surface area contributed by atoms with Crippen LogP contribution >= 0.6 is 0 Å². The van der Waals surface area contributed by atoms with Gasteiger partial charge in [0.25, 0.3) is 0 Å². The van der Waals surface area contributed by atoms with E-state index in [0.29, 0.717) is 0 Å². The second-order valence-corrected chi connectivity index (χ2v) is 4.33. The highest BCUT2D eigenvalue weighted by atomic mass is 16.5. The Morgan fingerprint density at radius 1 is 1.39 bits per heavy atom. The molecule has 1 aliphatic rings. The van der Waals surface area contributed by atoms with Crippen LogP contribution in [0, 0.1) is 6.92 Å². The van der Waals surface area contributed by atoms with Crippen LogP contribution in [-0.2, 0) is 6.54 Å². The molecular formula is C13H16N4O. The molecule has 1 aromatic heterocycles. The van der Waals surface area contributed by atoms with Gasteiger partial charge < -0.3 is 14.6 Å². The van der Waals surface area contributed by atoms with Gasteiger partial charge in [0.1, 0.15) is 11.6 Å². The van der Waals surface area contributed by atoms with Crippen LogP contribution in [0.4, 0.5) is 5.69 Å². The third-order valence-electron chi connectivity index (χ3n) is 3.20. The molecule has 5 nitrogen and oxygen atoms in total. The van der Waals surface area contributed by atoms with Gasteiger partial charge in [0.15, 0.2) is 11.9 Å². The molecule has 2 aromatic rings. The van der Waals surface area contributed by atoms with Crippen molar-refractivity contribution in [3.8, 4) is 5.75 Å². The molecule has 0 fully saturated rings. The first-order chi connectivity index (χ1) is 8.79. The lowest BCUT2D eigenvalue weighted by Gasteiger charge is -2.26. The predicted molar refractivity (Wildman–Crippen MR) is 68.7 cm³/mol. The number of aromatic nitrogens is 3. The van der Waals surface area contributed by atoms with Gasteiger partial charge in [0.05, 0.1) is 12.2 Å². The molecule has 0 bridgehead atoms. The molecular weight excluding hydrogens is 228 g/mol. The number of anilines is 1. The lowest BCUT2D eigenvalue weighted by molar-refractivity contribution is 0.195. The fourth-order valence-corrected chi connectivity index (χ4v) is 2.28. The number of para-hydroxylation sites is 2. The van der Waals surface area contributed by atoms with Crippen molar-refractivity contribution in [1.29, 1.82) is 0 Å². The first kappa shape index (κ1) is 11.1. The number of ether oxygens (including phenoxy) is 1. The summed E-state index contributed by atoms with van der Waals surface area (Å²) in [6.45, 7) is 5.62. The van der Waals surface area contributed by atoms with Crippen LogP contribution < -0.4 is 10.1 Å². The zero-order valence-corrected chi connectivity index (χ0v) is 10.6. The van der Waals surface area contributed by atoms with E-state index in [1.54, 1.807) is 0 Å². The Bertz CT molecular complexity index is 564. The zero-order chi connectivity index (χ0) is 12.5. The van der Waals surface area contributed by atoms with Crippen molar-refractivity contribution < 1.29 is 4.74 Å². The Morgan fingerprint density at radius 2 is 2.22 bits per heavy atom. The number of aryl methyl sites for hydroxylation is 1. The Kier molecular flexibility index (Phi) is 2.66. The van der Waals surface area contributed by atoms with E-state index in [9.17, 15) is 0 Å². The summed E-state index contributed by atoms with van der Waals surface area (Å²) >= 11 is 0. The van der Waals surface area contributed by atoms with Crippen LogP contribution in [0.15, 0.2) is 24.3 Å². The number of hydrogen-bond acceptors (Lipinski definition) is 4. The third-order valence-corrected chi connectivity index (χ3v) is 3.20. The lowest BCUT2D eigenvalue weighted by atomic mass is 10.2. The highest BCUT2D eigenvalue weighted by Gasteiger charge is 2.25. The van der Waals surface area contributed by atoms with Crippen molar-refractivity contribution in [3.63, 3.8) is 0 Å². The van der Waals surface area contributed by atoms with Gasteiger partial charge in [-0.3, -0.25) is 0 Å². The molecule has 1 aromatic carbocycles. The Labute approximate surface area is 106 Å². The quantitative estimate of drug-likeness (QED) is 0.879. The fraction of sp³-hybridized carbons (Fsp3) is 0.385. The third kappa shape index (κ3) is 1.72. The monoisotopic (exact) mass is 244 g/mol. The van der Waals surface area contributed by atoms with Gasteiger partial charge in [-0.1, -0.05) is 12.1 Å². The number of hydrogen-bond donors (Lipinski definition) is 1. The van der Waals surface area contributed by atoms with Crippen molar-refractivity contribution in [2.45, 2.75) is 26.5 Å². The second kappa shape index (κ2) is 4.33. The minimum Gasteiger partial charge on any atom is -0.478 e. The van der Waals surface area contributed by atoms with Crippen molar-refractivity contribution in [3.05, 3.63) is 35.9 Å². The van der Waals surface area contributed by atoms with Gasteiger partial charge in [-0.15, -0.1) is 10.2 Å². The minimum absolute atomic E-state index is 0.0824. The standard InChI is InChI=1S/C13H16N4O/c1-3-17-9(2)15-16-13(17)12-8-14-10-6-4-5-7-11(10)18-12/h4-7,12,14H,3,8H2,1-2H3. The smallest absolute Gasteiger partial charge is 0.176 e. The van der Waals surface area contributed by atoms with E-state index in [1.807, 2.05) is 31.2 Å². The summed E-state index contributed by atoms with van der Waals surface area (Å²) in [4.78, 5) is 0. The van der Waals surface area contributed by atoms with Gasteiger partial charge >= 0.3 is 0 Å². The molecule has 1 atom stereocenters. The zero-order valence-electron chi connectivity index (χ0n) is 10.6. The van der Waals surface area contributed by atoms with Gasteiger partial charge in [0.2, 0.25) is 0 Å². The van der Waals surface area contributed by atoms with Gasteiger partial charge in [-0.2, -0.15) is 0 Å². The first-order valence-corrected chi connectivity index (χ1v) is 6.19. The molecule has 0 saturated carbocycles. The van der Waals surface area contributed by atoms with Crippen LogP contribution in [0.1, 0.15) is 24.7 Å². The summed E-state index contributed by atoms with van der Waals surface area (Å²) in [7, 11) is 0. The summed E-state index contributed by atoms with van der Waals surface area (Å²) in [6.07, 6.45) is -0.0824. The van der Waals surface area contributed by atoms with Crippen LogP contribution in [0.5, 0.6) is 5.75 Å². The van der Waals surface area contributed by atoms with Gasteiger partial charge in [-0.05, 0) is 26.0 Å². The van der Waals surface area contributed by atoms with Crippen molar-refractivity contribution in [1.82, 2.24) is 14.8 Å². The fourth-order valence-electron chi connectivity index (χ4n) is 2.28. The number of benzene rings is 1. The largest absolute Gasteiger partial charge is 0.478 e. The van der Waals surface area contributed by atoms with E-state index in [4.69, 9.17) is 4.74 Å². The van der Waals surface area contributed by atoms with E-state index >= 15 is 0 Å². The van der Waals surface area contributed by atoms with Gasteiger partial charge in [0, 0.05) is 6.54 Å². The Hall–Kier alpha value is -2.04. The molecule has 1 N–H and O–H groups in total. The van der Waals surface area contributed by atoms with Crippen molar-refractivity contribution in [2.75, 3.05) is 11.9 Å². The van der Waals surface area contributed by atoms with E-state index in [2.05, 4.69) is 27.0 Å². The molecule has 0 aliphatic carbocycles. The lowest BCUT2D eigenvalue weighted by Crippen LogP contribution is -2.26. The van der Waals surface area contributed by atoms with E-state index < -0.39 is 0 Å². The van der Waals surface area contributed by atoms with Crippen LogP contribution in [-0.4, -0.2) is 21.3 Å². The van der Waals surface area contributed by atoms with Crippen LogP contribution in [0.3, 0.4) is 0 Å². The highest BCUT2D eigenvalue weighted by Crippen LogP contribution is 2.33. The summed E-state index contributed by atoms with van der Waals surface area (Å²) in [5.41, 5.74) is 1.04. The maximum atomic E-state index is 5.99. The second-order valence-electron chi connectivity index (χ2n) is 4.33. The number of fused-ring (bicyclic) bond motifs is 1. The summed E-state index contributed by atoms with van der Waals surface area (Å²) in [5, 5.41) is 11.7. The summed E-state index contributed by atoms with van der Waals surface area (Å²) in [5.74, 6) is 2.68. The molecule has 2 heterocycles. The number of nitrogens with one attached hydrogen (secondary N) is 1. The topological polar surface area (TPSA) is 52.0 Å². The Morgan fingerprint density at radius 3 is 3.06 bits per heavy atom. The predicted octanol–water partition coefficient (Wildman–Crippen LogP) is 2.15. The summed E-state index contributed by atoms with van der Waals surface area (Å²) < 4.78 is 8.07. The molecule has 0 spiro atoms. The molecule has 3 rings (SSSR count). The molecule has 94 valence electrons. The molecule has 5 heteroatoms. The maximum absolute atomic E-state index is 5.99.